The zero-order valence-electron chi connectivity index (χ0n) is 15.5. The number of nitrogens with zero attached hydrogens (tertiary/aromatic N) is 3. The van der Waals surface area contributed by atoms with E-state index in [2.05, 4.69) is 31.1 Å². The molecule has 4 aliphatic heterocycles. The van der Waals surface area contributed by atoms with Gasteiger partial charge >= 0.3 is 6.01 Å². The Morgan fingerprint density at radius 3 is 2.93 bits per heavy atom. The summed E-state index contributed by atoms with van der Waals surface area (Å²) in [5.74, 6) is 0.548. The lowest BCUT2D eigenvalue weighted by atomic mass is 10.1. The van der Waals surface area contributed by atoms with Crippen molar-refractivity contribution in [1.29, 1.82) is 0 Å². The minimum Gasteiger partial charge on any atom is -0.489 e. The monoisotopic (exact) mass is 484 g/mol. The molecule has 2 bridgehead atoms. The second-order valence-electron chi connectivity index (χ2n) is 7.94. The van der Waals surface area contributed by atoms with Gasteiger partial charge in [-0.1, -0.05) is 11.6 Å². The summed E-state index contributed by atoms with van der Waals surface area (Å²) in [5.41, 5.74) is 0.166. The predicted molar refractivity (Wildman–Crippen MR) is 109 cm³/mol. The SMILES string of the molecule is Fc1c(Br)c(Cl)c2c3c(nc(OC4CCOCC4)nc13)N1C3CNC(C3)C1CO2. The van der Waals surface area contributed by atoms with E-state index < -0.39 is 5.82 Å². The molecule has 154 valence electrons. The molecule has 3 saturated heterocycles. The van der Waals surface area contributed by atoms with Crippen LogP contribution in [0.15, 0.2) is 4.47 Å². The van der Waals surface area contributed by atoms with E-state index in [-0.39, 0.29) is 39.2 Å². The number of ether oxygens (including phenoxy) is 3. The topological polar surface area (TPSA) is 68.7 Å². The van der Waals surface area contributed by atoms with Crippen LogP contribution in [0.4, 0.5) is 10.2 Å². The molecule has 10 heteroatoms. The minimum absolute atomic E-state index is 0.0406. The molecular formula is C19H19BrClFN4O3. The van der Waals surface area contributed by atoms with Crippen LogP contribution in [0.25, 0.3) is 10.9 Å². The highest BCUT2D eigenvalue weighted by molar-refractivity contribution is 9.10. The van der Waals surface area contributed by atoms with Crippen molar-refractivity contribution in [1.82, 2.24) is 15.3 Å². The molecule has 0 aliphatic carbocycles. The molecule has 4 aliphatic rings. The van der Waals surface area contributed by atoms with Crippen molar-refractivity contribution in [2.45, 2.75) is 43.5 Å². The van der Waals surface area contributed by atoms with E-state index >= 15 is 4.39 Å². The first-order valence-corrected chi connectivity index (χ1v) is 11.1. The summed E-state index contributed by atoms with van der Waals surface area (Å²) in [5, 5.41) is 4.26. The highest BCUT2D eigenvalue weighted by Crippen LogP contribution is 2.49. The van der Waals surface area contributed by atoms with Gasteiger partial charge in [-0.05, 0) is 22.4 Å². The number of piperazine rings is 1. The maximum absolute atomic E-state index is 15.2. The number of rotatable bonds is 2. The first-order chi connectivity index (χ1) is 14.1. The highest BCUT2D eigenvalue weighted by atomic mass is 79.9. The average molecular weight is 486 g/mol. The smallest absolute Gasteiger partial charge is 0.319 e. The van der Waals surface area contributed by atoms with E-state index in [1.54, 1.807) is 0 Å². The number of fused-ring (bicyclic) bond motifs is 6. The lowest BCUT2D eigenvalue weighted by Crippen LogP contribution is -2.53. The largest absolute Gasteiger partial charge is 0.489 e. The van der Waals surface area contributed by atoms with Gasteiger partial charge in [-0.3, -0.25) is 0 Å². The number of benzene rings is 1. The zero-order chi connectivity index (χ0) is 19.7. The molecule has 1 aromatic carbocycles. The Hall–Kier alpha value is -1.42. The molecule has 0 saturated carbocycles. The molecule has 6 rings (SSSR count). The van der Waals surface area contributed by atoms with Crippen LogP contribution in [-0.2, 0) is 4.74 Å². The summed E-state index contributed by atoms with van der Waals surface area (Å²) in [6, 6.07) is 0.883. The molecule has 0 amide bonds. The Balaban J connectivity index is 1.55. The van der Waals surface area contributed by atoms with Gasteiger partial charge in [0.2, 0.25) is 0 Å². The van der Waals surface area contributed by atoms with Crippen molar-refractivity contribution in [2.24, 2.45) is 0 Å². The molecule has 0 radical (unpaired) electrons. The van der Waals surface area contributed by atoms with Gasteiger partial charge in [0.15, 0.2) is 11.6 Å². The van der Waals surface area contributed by atoms with Crippen molar-refractivity contribution in [2.75, 3.05) is 31.3 Å². The van der Waals surface area contributed by atoms with Crippen molar-refractivity contribution < 1.29 is 18.6 Å². The van der Waals surface area contributed by atoms with Crippen LogP contribution < -0.4 is 19.7 Å². The van der Waals surface area contributed by atoms with E-state index in [9.17, 15) is 0 Å². The first-order valence-electron chi connectivity index (χ1n) is 9.89. The maximum Gasteiger partial charge on any atom is 0.319 e. The van der Waals surface area contributed by atoms with Gasteiger partial charge in [0.1, 0.15) is 29.1 Å². The fourth-order valence-electron chi connectivity index (χ4n) is 4.94. The van der Waals surface area contributed by atoms with E-state index in [1.807, 2.05) is 0 Å². The van der Waals surface area contributed by atoms with E-state index in [4.69, 9.17) is 30.8 Å². The lowest BCUT2D eigenvalue weighted by Gasteiger charge is -2.35. The number of anilines is 1. The number of hydrogen-bond acceptors (Lipinski definition) is 7. The summed E-state index contributed by atoms with van der Waals surface area (Å²) >= 11 is 9.71. The van der Waals surface area contributed by atoms with Crippen LogP contribution in [0.1, 0.15) is 19.3 Å². The minimum atomic E-state index is -0.529. The average Bonchev–Trinajstić information content (AvgIpc) is 3.30. The Kier molecular flexibility index (Phi) is 4.30. The lowest BCUT2D eigenvalue weighted by molar-refractivity contribution is 0.0219. The van der Waals surface area contributed by atoms with Crippen LogP contribution in [0.2, 0.25) is 5.02 Å². The highest BCUT2D eigenvalue weighted by Gasteiger charge is 2.49. The molecular weight excluding hydrogens is 467 g/mol. The van der Waals surface area contributed by atoms with E-state index in [1.165, 1.54) is 0 Å². The Labute approximate surface area is 180 Å². The molecule has 2 aromatic rings. The number of aromatic nitrogens is 2. The molecule has 7 nitrogen and oxygen atoms in total. The van der Waals surface area contributed by atoms with Crippen LogP contribution in [-0.4, -0.2) is 60.6 Å². The quantitative estimate of drug-likeness (QED) is 0.656. The summed E-state index contributed by atoms with van der Waals surface area (Å²) in [7, 11) is 0. The number of hydrogen-bond donors (Lipinski definition) is 1. The Morgan fingerprint density at radius 1 is 1.28 bits per heavy atom. The van der Waals surface area contributed by atoms with Crippen molar-refractivity contribution in [3.8, 4) is 11.8 Å². The van der Waals surface area contributed by atoms with Crippen LogP contribution in [0.3, 0.4) is 0 Å². The Morgan fingerprint density at radius 2 is 2.10 bits per heavy atom. The van der Waals surface area contributed by atoms with Crippen molar-refractivity contribution in [3.63, 3.8) is 0 Å². The summed E-state index contributed by atoms with van der Waals surface area (Å²) < 4.78 is 32.9. The van der Waals surface area contributed by atoms with Gasteiger partial charge in [-0.15, -0.1) is 0 Å². The van der Waals surface area contributed by atoms with Crippen LogP contribution in [0.5, 0.6) is 11.8 Å². The van der Waals surface area contributed by atoms with Gasteiger partial charge in [0, 0.05) is 31.5 Å². The van der Waals surface area contributed by atoms with Gasteiger partial charge in [0.25, 0.3) is 0 Å². The predicted octanol–water partition coefficient (Wildman–Crippen LogP) is 3.05. The fraction of sp³-hybridized carbons (Fsp3) is 0.579. The molecule has 0 spiro atoms. The maximum atomic E-state index is 15.2. The first kappa shape index (κ1) is 18.4. The summed E-state index contributed by atoms with van der Waals surface area (Å²) in [6.45, 7) is 2.60. The second-order valence-corrected chi connectivity index (χ2v) is 9.11. The van der Waals surface area contributed by atoms with Gasteiger partial charge in [0.05, 0.1) is 29.1 Å². The van der Waals surface area contributed by atoms with E-state index in [0.29, 0.717) is 42.8 Å². The summed E-state index contributed by atoms with van der Waals surface area (Å²) in [6.07, 6.45) is 2.50. The van der Waals surface area contributed by atoms with Crippen molar-refractivity contribution >= 4 is 44.3 Å². The van der Waals surface area contributed by atoms with Crippen molar-refractivity contribution in [3.05, 3.63) is 15.3 Å². The van der Waals surface area contributed by atoms with E-state index in [0.717, 1.165) is 25.8 Å². The third-order valence-electron chi connectivity index (χ3n) is 6.33. The number of halogens is 3. The standard InChI is InChI=1S/C19H19BrClFN4O3/c20-13-14(21)17-12-16(15(13)22)24-19(29-9-1-3-27-4-2-9)25-18(12)26-8-5-10(23-6-8)11(26)7-28-17/h8-11,23H,1-7H2. The van der Waals surface area contributed by atoms with Gasteiger partial charge < -0.3 is 24.4 Å². The second kappa shape index (κ2) is 6.80. The zero-order valence-corrected chi connectivity index (χ0v) is 17.8. The van der Waals surface area contributed by atoms with Crippen LogP contribution in [0, 0.1) is 5.82 Å². The Bertz CT molecular complexity index is 1010. The third kappa shape index (κ3) is 2.74. The molecule has 3 fully saturated rings. The molecule has 3 atom stereocenters. The molecule has 3 unspecified atom stereocenters. The molecule has 1 N–H and O–H groups in total. The fourth-order valence-corrected chi connectivity index (χ4v) is 5.54. The van der Waals surface area contributed by atoms with Crippen LogP contribution >= 0.6 is 27.5 Å². The van der Waals surface area contributed by atoms with Gasteiger partial charge in [-0.2, -0.15) is 9.97 Å². The normalized spacial score (nSPS) is 28.4. The summed E-state index contributed by atoms with van der Waals surface area (Å²) in [4.78, 5) is 11.4. The van der Waals surface area contributed by atoms with Gasteiger partial charge in [-0.25, -0.2) is 4.39 Å². The molecule has 5 heterocycles. The molecule has 1 aromatic heterocycles. The number of nitrogens with one attached hydrogen (secondary N) is 1. The molecule has 29 heavy (non-hydrogen) atoms. The third-order valence-corrected chi connectivity index (χ3v) is 7.66.